The second-order valence-corrected chi connectivity index (χ2v) is 4.98. The molecule has 0 saturated heterocycles. The van der Waals surface area contributed by atoms with Gasteiger partial charge in [0.2, 0.25) is 5.91 Å². The molecule has 0 spiro atoms. The molecule has 1 N–H and O–H groups in total. The Hall–Kier alpha value is -2.03. The van der Waals surface area contributed by atoms with Gasteiger partial charge in [-0.25, -0.2) is 0 Å². The number of carbonyl (C=O) groups is 1. The Morgan fingerprint density at radius 3 is 2.55 bits per heavy atom. The van der Waals surface area contributed by atoms with Gasteiger partial charge < -0.3 is 10.1 Å². The van der Waals surface area contributed by atoms with Crippen LogP contribution in [0.25, 0.3) is 0 Å². The van der Waals surface area contributed by atoms with Crippen LogP contribution in [0, 0.1) is 5.92 Å². The lowest BCUT2D eigenvalue weighted by atomic mass is 10.1. The van der Waals surface area contributed by atoms with Crippen LogP contribution in [-0.2, 0) is 11.2 Å². The van der Waals surface area contributed by atoms with Crippen molar-refractivity contribution in [1.29, 1.82) is 0 Å². The summed E-state index contributed by atoms with van der Waals surface area (Å²) in [4.78, 5) is 11.4. The Labute approximate surface area is 121 Å². The molecule has 0 atom stereocenters. The van der Waals surface area contributed by atoms with Gasteiger partial charge in [-0.2, -0.15) is 0 Å². The molecule has 0 aliphatic heterocycles. The first-order valence-corrected chi connectivity index (χ1v) is 6.85. The van der Waals surface area contributed by atoms with Crippen molar-refractivity contribution in [3.05, 3.63) is 54.1 Å². The highest BCUT2D eigenvalue weighted by molar-refractivity contribution is 5.87. The fraction of sp³-hybridized carbons (Fsp3) is 0.353. The van der Waals surface area contributed by atoms with Crippen molar-refractivity contribution in [2.24, 2.45) is 5.92 Å². The molecule has 1 aromatic carbocycles. The van der Waals surface area contributed by atoms with Crippen molar-refractivity contribution in [2.75, 3.05) is 13.7 Å². The van der Waals surface area contributed by atoms with Gasteiger partial charge in [0.25, 0.3) is 0 Å². The van der Waals surface area contributed by atoms with E-state index < -0.39 is 0 Å². The highest BCUT2D eigenvalue weighted by Gasteiger charge is 1.96. The molecular formula is C17H23NO2. The number of nitrogens with one attached hydrogen (secondary N) is 1. The molecule has 20 heavy (non-hydrogen) atoms. The van der Waals surface area contributed by atoms with Crippen LogP contribution < -0.4 is 10.1 Å². The minimum atomic E-state index is -0.0483. The van der Waals surface area contributed by atoms with Gasteiger partial charge in [-0.15, -0.1) is 0 Å². The molecule has 3 heteroatoms. The maximum atomic E-state index is 11.4. The number of amides is 1. The number of benzene rings is 1. The molecule has 3 nitrogen and oxygen atoms in total. The van der Waals surface area contributed by atoms with Gasteiger partial charge in [-0.3, -0.25) is 4.79 Å². The minimum Gasteiger partial charge on any atom is -0.497 e. The second kappa shape index (κ2) is 8.97. The molecule has 0 aliphatic rings. The molecule has 0 saturated carbocycles. The molecule has 1 amide bonds. The second-order valence-electron chi connectivity index (χ2n) is 4.98. The van der Waals surface area contributed by atoms with E-state index in [4.69, 9.17) is 4.74 Å². The first-order chi connectivity index (χ1) is 9.61. The zero-order valence-corrected chi connectivity index (χ0v) is 12.4. The molecule has 0 radical (unpaired) electrons. The van der Waals surface area contributed by atoms with Crippen LogP contribution in [0.15, 0.2) is 48.6 Å². The van der Waals surface area contributed by atoms with E-state index in [1.54, 1.807) is 19.3 Å². The van der Waals surface area contributed by atoms with Gasteiger partial charge in [0, 0.05) is 12.6 Å². The summed E-state index contributed by atoms with van der Waals surface area (Å²) in [7, 11) is 1.66. The van der Waals surface area contributed by atoms with Crippen molar-refractivity contribution in [1.82, 2.24) is 5.32 Å². The number of hydrogen-bond donors (Lipinski definition) is 1. The third-order valence-electron chi connectivity index (χ3n) is 2.69. The maximum Gasteiger partial charge on any atom is 0.243 e. The first kappa shape index (κ1) is 16.0. The van der Waals surface area contributed by atoms with Crippen molar-refractivity contribution >= 4 is 5.91 Å². The van der Waals surface area contributed by atoms with Crippen molar-refractivity contribution in [3.8, 4) is 5.75 Å². The van der Waals surface area contributed by atoms with Crippen LogP contribution in [0.5, 0.6) is 5.75 Å². The van der Waals surface area contributed by atoms with Crippen LogP contribution in [0.4, 0.5) is 0 Å². The molecular weight excluding hydrogens is 250 g/mol. The number of carbonyl (C=O) groups excluding carboxylic acids is 1. The van der Waals surface area contributed by atoms with E-state index in [0.29, 0.717) is 12.5 Å². The van der Waals surface area contributed by atoms with Crippen molar-refractivity contribution in [2.45, 2.75) is 20.3 Å². The minimum absolute atomic E-state index is 0.0483. The third-order valence-corrected chi connectivity index (χ3v) is 2.69. The van der Waals surface area contributed by atoms with Crippen LogP contribution in [-0.4, -0.2) is 19.6 Å². The first-order valence-electron chi connectivity index (χ1n) is 6.85. The van der Waals surface area contributed by atoms with E-state index in [-0.39, 0.29) is 5.91 Å². The summed E-state index contributed by atoms with van der Waals surface area (Å²) in [6, 6.07) is 7.95. The Kier molecular flexibility index (Phi) is 7.18. The summed E-state index contributed by atoms with van der Waals surface area (Å²) in [6.07, 6.45) is 8.06. The van der Waals surface area contributed by atoms with Crippen LogP contribution in [0.1, 0.15) is 19.4 Å². The molecule has 0 bridgehead atoms. The zero-order valence-electron chi connectivity index (χ0n) is 12.4. The third kappa shape index (κ3) is 6.78. The maximum absolute atomic E-state index is 11.4. The lowest BCUT2D eigenvalue weighted by molar-refractivity contribution is -0.116. The number of rotatable bonds is 7. The summed E-state index contributed by atoms with van der Waals surface area (Å²) in [5.74, 6) is 1.28. The van der Waals surface area contributed by atoms with Gasteiger partial charge in [-0.1, -0.05) is 44.2 Å². The number of allylic oxidation sites excluding steroid dienone is 3. The van der Waals surface area contributed by atoms with Crippen molar-refractivity contribution in [3.63, 3.8) is 0 Å². The molecule has 0 fully saturated rings. The fourth-order valence-electron chi connectivity index (χ4n) is 1.55. The lowest BCUT2D eigenvalue weighted by Crippen LogP contribution is -2.25. The van der Waals surface area contributed by atoms with E-state index in [1.807, 2.05) is 36.4 Å². The Bertz CT molecular complexity index is 458. The van der Waals surface area contributed by atoms with Gasteiger partial charge in [0.1, 0.15) is 5.75 Å². The topological polar surface area (TPSA) is 38.3 Å². The van der Waals surface area contributed by atoms with Crippen LogP contribution in [0.2, 0.25) is 0 Å². The SMILES string of the molecule is COc1ccc(CC=CC=CC(=O)NCC(C)C)cc1. The van der Waals surface area contributed by atoms with Crippen LogP contribution in [0.3, 0.4) is 0 Å². The summed E-state index contributed by atoms with van der Waals surface area (Å²) in [5.41, 5.74) is 1.21. The average molecular weight is 273 g/mol. The standard InChI is InChI=1S/C17H23NO2/c1-14(2)13-18-17(19)8-6-4-5-7-15-9-11-16(20-3)12-10-15/h4-6,8-12,14H,7,13H2,1-3H3,(H,18,19). The molecule has 0 unspecified atom stereocenters. The van der Waals surface area contributed by atoms with Gasteiger partial charge in [0.05, 0.1) is 7.11 Å². The number of methoxy groups -OCH3 is 1. The highest BCUT2D eigenvalue weighted by Crippen LogP contribution is 2.11. The van der Waals surface area contributed by atoms with Gasteiger partial charge >= 0.3 is 0 Å². The fourth-order valence-corrected chi connectivity index (χ4v) is 1.55. The number of hydrogen-bond acceptors (Lipinski definition) is 2. The van der Waals surface area contributed by atoms with E-state index in [1.165, 1.54) is 5.56 Å². The molecule has 0 heterocycles. The van der Waals surface area contributed by atoms with Crippen LogP contribution >= 0.6 is 0 Å². The van der Waals surface area contributed by atoms with E-state index in [9.17, 15) is 4.79 Å². The monoisotopic (exact) mass is 273 g/mol. The normalized spacial score (nSPS) is 11.4. The highest BCUT2D eigenvalue weighted by atomic mass is 16.5. The van der Waals surface area contributed by atoms with E-state index in [2.05, 4.69) is 19.2 Å². The predicted molar refractivity (Wildman–Crippen MR) is 82.8 cm³/mol. The Morgan fingerprint density at radius 2 is 1.95 bits per heavy atom. The quantitative estimate of drug-likeness (QED) is 0.612. The number of ether oxygens (including phenoxy) is 1. The molecule has 1 aromatic rings. The van der Waals surface area contributed by atoms with E-state index in [0.717, 1.165) is 12.2 Å². The van der Waals surface area contributed by atoms with Gasteiger partial charge in [0.15, 0.2) is 0 Å². The largest absolute Gasteiger partial charge is 0.497 e. The van der Waals surface area contributed by atoms with E-state index >= 15 is 0 Å². The molecule has 0 aliphatic carbocycles. The Morgan fingerprint density at radius 1 is 1.25 bits per heavy atom. The molecule has 1 rings (SSSR count). The average Bonchev–Trinajstić information content (AvgIpc) is 2.45. The van der Waals surface area contributed by atoms with Crippen molar-refractivity contribution < 1.29 is 9.53 Å². The molecule has 0 aromatic heterocycles. The lowest BCUT2D eigenvalue weighted by Gasteiger charge is -2.03. The van der Waals surface area contributed by atoms with Gasteiger partial charge in [-0.05, 0) is 30.0 Å². The summed E-state index contributed by atoms with van der Waals surface area (Å²) in [5, 5.41) is 2.83. The zero-order chi connectivity index (χ0) is 14.8. The summed E-state index contributed by atoms with van der Waals surface area (Å²) < 4.78 is 5.10. The predicted octanol–water partition coefficient (Wildman–Crippen LogP) is 3.12. The summed E-state index contributed by atoms with van der Waals surface area (Å²) in [6.45, 7) is 4.84. The Balaban J connectivity index is 2.31. The molecule has 108 valence electrons. The smallest absolute Gasteiger partial charge is 0.243 e. The summed E-state index contributed by atoms with van der Waals surface area (Å²) >= 11 is 0.